The molecule has 1 amide bonds. The van der Waals surface area contributed by atoms with Gasteiger partial charge in [-0.3, -0.25) is 0 Å². The van der Waals surface area contributed by atoms with E-state index in [1.165, 1.54) is 19.4 Å². The van der Waals surface area contributed by atoms with Crippen LogP contribution >= 0.6 is 0 Å². The van der Waals surface area contributed by atoms with Crippen molar-refractivity contribution in [2.75, 3.05) is 43.1 Å². The SMILES string of the molecule is COc1ncc(N2CCN(c3nccc(COC(=O)N=C(N)N)c3F)CC2)cn1. The number of aliphatic imine (C=N–C) groups is 1. The van der Waals surface area contributed by atoms with Crippen LogP contribution in [0.1, 0.15) is 5.56 Å². The molecule has 11 nitrogen and oxygen atoms in total. The van der Waals surface area contributed by atoms with Gasteiger partial charge in [-0.05, 0) is 6.07 Å². The van der Waals surface area contributed by atoms with Gasteiger partial charge in [0, 0.05) is 37.9 Å². The number of carbonyl (C=O) groups is 1. The van der Waals surface area contributed by atoms with E-state index < -0.39 is 17.9 Å². The molecule has 29 heavy (non-hydrogen) atoms. The number of methoxy groups -OCH3 is 1. The minimum atomic E-state index is -0.988. The summed E-state index contributed by atoms with van der Waals surface area (Å²) < 4.78 is 24.7. The first-order valence-corrected chi connectivity index (χ1v) is 8.73. The second-order valence-corrected chi connectivity index (χ2v) is 6.10. The summed E-state index contributed by atoms with van der Waals surface area (Å²) in [7, 11) is 1.51. The van der Waals surface area contributed by atoms with Crippen LogP contribution in [-0.2, 0) is 11.3 Å². The zero-order chi connectivity index (χ0) is 20.8. The summed E-state index contributed by atoms with van der Waals surface area (Å²) in [6.07, 6.45) is 3.85. The highest BCUT2D eigenvalue weighted by molar-refractivity contribution is 5.87. The molecule has 0 atom stereocenters. The molecule has 1 fully saturated rings. The minimum Gasteiger partial charge on any atom is -0.467 e. The number of hydrogen-bond acceptors (Lipinski definition) is 8. The Morgan fingerprint density at radius 3 is 2.45 bits per heavy atom. The van der Waals surface area contributed by atoms with E-state index in [9.17, 15) is 9.18 Å². The van der Waals surface area contributed by atoms with Crippen LogP contribution in [0.25, 0.3) is 0 Å². The molecule has 3 heterocycles. The lowest BCUT2D eigenvalue weighted by atomic mass is 10.2. The number of carbonyl (C=O) groups excluding carboxylic acids is 1. The molecular weight excluding hydrogens is 383 g/mol. The van der Waals surface area contributed by atoms with Gasteiger partial charge in [0.2, 0.25) is 0 Å². The first-order chi connectivity index (χ1) is 14.0. The van der Waals surface area contributed by atoms with E-state index in [1.807, 2.05) is 4.90 Å². The van der Waals surface area contributed by atoms with Crippen molar-refractivity contribution < 1.29 is 18.7 Å². The van der Waals surface area contributed by atoms with Crippen LogP contribution in [0.4, 0.5) is 20.7 Å². The molecule has 0 radical (unpaired) electrons. The number of pyridine rings is 1. The molecule has 0 unspecified atom stereocenters. The number of hydrogen-bond donors (Lipinski definition) is 2. The Hall–Kier alpha value is -3.70. The topological polar surface area (TPSA) is 145 Å². The van der Waals surface area contributed by atoms with Crippen LogP contribution in [0.15, 0.2) is 29.6 Å². The number of piperazine rings is 1. The van der Waals surface area contributed by atoms with Gasteiger partial charge < -0.3 is 30.7 Å². The smallest absolute Gasteiger partial charge is 0.437 e. The van der Waals surface area contributed by atoms with E-state index in [0.717, 1.165) is 5.69 Å². The molecule has 1 aliphatic rings. The Morgan fingerprint density at radius 1 is 1.17 bits per heavy atom. The van der Waals surface area contributed by atoms with Gasteiger partial charge in [0.15, 0.2) is 17.6 Å². The molecule has 4 N–H and O–H groups in total. The molecule has 3 rings (SSSR count). The minimum absolute atomic E-state index is 0.181. The maximum atomic E-state index is 14.8. The number of guanidine groups is 1. The highest BCUT2D eigenvalue weighted by atomic mass is 19.1. The molecule has 0 saturated carbocycles. The zero-order valence-corrected chi connectivity index (χ0v) is 15.8. The third-order valence-corrected chi connectivity index (χ3v) is 4.26. The molecular formula is C17H21FN8O3. The van der Waals surface area contributed by atoms with E-state index in [2.05, 4.69) is 24.8 Å². The number of nitrogens with zero attached hydrogens (tertiary/aromatic N) is 6. The molecule has 2 aromatic rings. The van der Waals surface area contributed by atoms with Crippen molar-refractivity contribution in [1.82, 2.24) is 15.0 Å². The number of rotatable bonds is 5. The molecule has 0 bridgehead atoms. The zero-order valence-electron chi connectivity index (χ0n) is 15.8. The van der Waals surface area contributed by atoms with Crippen molar-refractivity contribution in [3.8, 4) is 6.01 Å². The molecule has 0 spiro atoms. The first kappa shape index (κ1) is 20.0. The number of aromatic nitrogens is 3. The molecule has 2 aromatic heterocycles. The van der Waals surface area contributed by atoms with Crippen LogP contribution in [0.3, 0.4) is 0 Å². The van der Waals surface area contributed by atoms with Crippen molar-refractivity contribution in [2.45, 2.75) is 6.61 Å². The fourth-order valence-electron chi connectivity index (χ4n) is 2.83. The van der Waals surface area contributed by atoms with Crippen LogP contribution in [-0.4, -0.2) is 60.3 Å². The maximum Gasteiger partial charge on any atom is 0.437 e. The lowest BCUT2D eigenvalue weighted by Crippen LogP contribution is -2.47. The molecule has 0 aromatic carbocycles. The number of anilines is 2. The van der Waals surface area contributed by atoms with Gasteiger partial charge in [0.25, 0.3) is 0 Å². The van der Waals surface area contributed by atoms with Crippen LogP contribution in [0.5, 0.6) is 6.01 Å². The molecule has 1 saturated heterocycles. The van der Waals surface area contributed by atoms with Gasteiger partial charge in [-0.15, -0.1) is 4.99 Å². The summed E-state index contributed by atoms with van der Waals surface area (Å²) in [5.41, 5.74) is 11.2. The van der Waals surface area contributed by atoms with Crippen molar-refractivity contribution in [3.05, 3.63) is 36.0 Å². The maximum absolute atomic E-state index is 14.8. The Balaban J connectivity index is 1.63. The van der Waals surface area contributed by atoms with E-state index in [4.69, 9.17) is 20.9 Å². The Bertz CT molecular complexity index is 881. The van der Waals surface area contributed by atoms with Crippen LogP contribution in [0.2, 0.25) is 0 Å². The summed E-state index contributed by atoms with van der Waals surface area (Å²) in [5, 5.41) is 0. The monoisotopic (exact) mass is 404 g/mol. The van der Waals surface area contributed by atoms with Gasteiger partial charge in [0.05, 0.1) is 25.2 Å². The summed E-state index contributed by atoms with van der Waals surface area (Å²) in [6, 6.07) is 1.74. The van der Waals surface area contributed by atoms with E-state index >= 15 is 0 Å². The van der Waals surface area contributed by atoms with Gasteiger partial charge in [-0.25, -0.2) is 24.1 Å². The molecule has 1 aliphatic heterocycles. The highest BCUT2D eigenvalue weighted by Gasteiger charge is 2.23. The van der Waals surface area contributed by atoms with Gasteiger partial charge in [-0.1, -0.05) is 0 Å². The van der Waals surface area contributed by atoms with Gasteiger partial charge in [0.1, 0.15) is 6.61 Å². The number of halogens is 1. The second-order valence-electron chi connectivity index (χ2n) is 6.10. The molecule has 154 valence electrons. The third kappa shape index (κ3) is 4.97. The average Bonchev–Trinajstić information content (AvgIpc) is 2.73. The van der Waals surface area contributed by atoms with Crippen LogP contribution in [0, 0.1) is 5.82 Å². The van der Waals surface area contributed by atoms with Crippen molar-refractivity contribution in [1.29, 1.82) is 0 Å². The summed E-state index contributed by atoms with van der Waals surface area (Å²) in [5.74, 6) is -0.775. The fourth-order valence-corrected chi connectivity index (χ4v) is 2.83. The normalized spacial score (nSPS) is 13.7. The standard InChI is InChI=1S/C17H21FN8O3/c1-28-16-22-8-12(9-23-16)25-4-6-26(7-5-25)14-13(18)11(2-3-21-14)10-29-17(27)24-15(19)20/h2-3,8-9H,4-7,10H2,1H3,(H4,19,20,24,27). The lowest BCUT2D eigenvalue weighted by molar-refractivity contribution is 0.149. The summed E-state index contributed by atoms with van der Waals surface area (Å²) in [4.78, 5) is 30.9. The summed E-state index contributed by atoms with van der Waals surface area (Å²) >= 11 is 0. The second kappa shape index (κ2) is 8.99. The van der Waals surface area contributed by atoms with E-state index in [-0.39, 0.29) is 18.0 Å². The highest BCUT2D eigenvalue weighted by Crippen LogP contribution is 2.23. The quantitative estimate of drug-likeness (QED) is 0.525. The van der Waals surface area contributed by atoms with Crippen molar-refractivity contribution in [2.24, 2.45) is 16.5 Å². The first-order valence-electron chi connectivity index (χ1n) is 8.73. The Kier molecular flexibility index (Phi) is 6.22. The number of amides is 1. The van der Waals surface area contributed by atoms with Gasteiger partial charge in [-0.2, -0.15) is 0 Å². The van der Waals surface area contributed by atoms with E-state index in [0.29, 0.717) is 32.2 Å². The Labute approximate surface area is 166 Å². The molecule has 0 aliphatic carbocycles. The summed E-state index contributed by atoms with van der Waals surface area (Å²) in [6.45, 7) is 2.07. The Morgan fingerprint density at radius 2 is 1.83 bits per heavy atom. The van der Waals surface area contributed by atoms with Crippen molar-refractivity contribution in [3.63, 3.8) is 0 Å². The third-order valence-electron chi connectivity index (χ3n) is 4.26. The fraction of sp³-hybridized carbons (Fsp3) is 0.353. The van der Waals surface area contributed by atoms with Gasteiger partial charge >= 0.3 is 12.1 Å². The predicted octanol–water partition coefficient (Wildman–Crippen LogP) is 0.256. The number of ether oxygens (including phenoxy) is 2. The molecule has 12 heteroatoms. The largest absolute Gasteiger partial charge is 0.467 e. The van der Waals surface area contributed by atoms with E-state index in [1.54, 1.807) is 12.4 Å². The lowest BCUT2D eigenvalue weighted by Gasteiger charge is -2.36. The van der Waals surface area contributed by atoms with Crippen LogP contribution < -0.4 is 26.0 Å². The average molecular weight is 404 g/mol. The predicted molar refractivity (Wildman–Crippen MR) is 103 cm³/mol. The van der Waals surface area contributed by atoms with Crippen molar-refractivity contribution >= 4 is 23.6 Å². The number of nitrogens with two attached hydrogens (primary N) is 2.